The minimum atomic E-state index is -1.08. The fraction of sp³-hybridized carbons (Fsp3) is 0.0556. The summed E-state index contributed by atoms with van der Waals surface area (Å²) < 4.78 is 0.947. The van der Waals surface area contributed by atoms with E-state index in [1.54, 1.807) is 12.3 Å². The first-order valence-corrected chi connectivity index (χ1v) is 10.1. The number of hydrogen-bond acceptors (Lipinski definition) is 6. The van der Waals surface area contributed by atoms with Gasteiger partial charge in [-0.05, 0) is 36.8 Å². The van der Waals surface area contributed by atoms with Gasteiger partial charge in [-0.2, -0.15) is 5.10 Å². The molecule has 2 aromatic heterocycles. The Bertz CT molecular complexity index is 1040. The Morgan fingerprint density at radius 3 is 2.41 bits per heavy atom. The number of aromatic hydroxyl groups is 1. The van der Waals surface area contributed by atoms with Crippen LogP contribution in [-0.2, 0) is 0 Å². The Labute approximate surface area is 170 Å². The molecule has 6 nitrogen and oxygen atoms in total. The number of hydrazone groups is 1. The van der Waals surface area contributed by atoms with Gasteiger partial charge in [0.2, 0.25) is 0 Å². The number of halogens is 1. The first kappa shape index (κ1) is 19.3. The topological polar surface area (TPSA) is 99.0 Å². The average Bonchev–Trinajstić information content (AvgIpc) is 3.27. The molecular formula is C18H13BrN2O4S2. The molecule has 2 heterocycles. The van der Waals surface area contributed by atoms with Crippen LogP contribution < -0.4 is 5.43 Å². The van der Waals surface area contributed by atoms with Crippen LogP contribution in [0.15, 0.2) is 51.4 Å². The molecule has 138 valence electrons. The Balaban J connectivity index is 1.77. The summed E-state index contributed by atoms with van der Waals surface area (Å²) in [6.45, 7) is 1.67. The van der Waals surface area contributed by atoms with Crippen molar-refractivity contribution in [2.75, 3.05) is 0 Å². The first-order chi connectivity index (χ1) is 12.9. The molecule has 9 heteroatoms. The lowest BCUT2D eigenvalue weighted by Gasteiger charge is -2.03. The number of carboxylic acid groups (broad SMARTS) is 1. The third kappa shape index (κ3) is 4.26. The molecule has 0 radical (unpaired) electrons. The molecule has 3 rings (SSSR count). The number of benzene rings is 1. The van der Waals surface area contributed by atoms with Crippen LogP contribution in [0.5, 0.6) is 5.75 Å². The zero-order valence-corrected chi connectivity index (χ0v) is 17.1. The van der Waals surface area contributed by atoms with Crippen molar-refractivity contribution in [1.82, 2.24) is 5.43 Å². The number of thiophene rings is 2. The van der Waals surface area contributed by atoms with Crippen molar-refractivity contribution in [1.29, 1.82) is 0 Å². The van der Waals surface area contributed by atoms with Crippen molar-refractivity contribution in [3.05, 3.63) is 61.6 Å². The molecule has 0 bridgehead atoms. The zero-order valence-electron chi connectivity index (χ0n) is 13.9. The van der Waals surface area contributed by atoms with Crippen molar-refractivity contribution in [2.45, 2.75) is 6.92 Å². The van der Waals surface area contributed by atoms with E-state index >= 15 is 0 Å². The summed E-state index contributed by atoms with van der Waals surface area (Å²) >= 11 is 5.63. The van der Waals surface area contributed by atoms with Crippen molar-refractivity contribution < 1.29 is 19.8 Å². The molecule has 27 heavy (non-hydrogen) atoms. The van der Waals surface area contributed by atoms with Gasteiger partial charge in [0.1, 0.15) is 10.6 Å². The Hall–Kier alpha value is -2.49. The highest BCUT2D eigenvalue weighted by Gasteiger charge is 2.16. The summed E-state index contributed by atoms with van der Waals surface area (Å²) in [6.07, 6.45) is 0. The second-order valence-corrected chi connectivity index (χ2v) is 8.32. The summed E-state index contributed by atoms with van der Waals surface area (Å²) in [6, 6.07) is 10.4. The van der Waals surface area contributed by atoms with Crippen LogP contribution in [0.25, 0.3) is 10.4 Å². The van der Waals surface area contributed by atoms with E-state index in [1.165, 1.54) is 23.5 Å². The fourth-order valence-electron chi connectivity index (χ4n) is 2.24. The maximum atomic E-state index is 12.1. The highest BCUT2D eigenvalue weighted by atomic mass is 79.9. The van der Waals surface area contributed by atoms with Gasteiger partial charge in [0, 0.05) is 9.85 Å². The van der Waals surface area contributed by atoms with Crippen LogP contribution in [0.4, 0.5) is 0 Å². The number of carbonyl (C=O) groups is 2. The lowest BCUT2D eigenvalue weighted by atomic mass is 10.1. The Kier molecular flexibility index (Phi) is 5.73. The minimum Gasteiger partial charge on any atom is -0.506 e. The van der Waals surface area contributed by atoms with Gasteiger partial charge in [0.25, 0.3) is 5.91 Å². The Morgan fingerprint density at radius 1 is 1.11 bits per heavy atom. The summed E-state index contributed by atoms with van der Waals surface area (Å²) in [5.74, 6) is -1.49. The van der Waals surface area contributed by atoms with Crippen LogP contribution in [0.1, 0.15) is 31.8 Å². The maximum Gasteiger partial charge on any atom is 0.345 e. The van der Waals surface area contributed by atoms with Gasteiger partial charge in [0.15, 0.2) is 0 Å². The van der Waals surface area contributed by atoms with Crippen molar-refractivity contribution in [2.24, 2.45) is 5.10 Å². The van der Waals surface area contributed by atoms with Crippen LogP contribution in [-0.4, -0.2) is 27.8 Å². The molecule has 0 atom stereocenters. The highest BCUT2D eigenvalue weighted by Crippen LogP contribution is 2.39. The molecular weight excluding hydrogens is 452 g/mol. The zero-order chi connectivity index (χ0) is 19.6. The van der Waals surface area contributed by atoms with Gasteiger partial charge in [0.05, 0.1) is 21.0 Å². The lowest BCUT2D eigenvalue weighted by molar-refractivity contribution is 0.0702. The molecule has 1 amide bonds. The molecule has 0 spiro atoms. The quantitative estimate of drug-likeness (QED) is 0.373. The van der Waals surface area contributed by atoms with E-state index in [9.17, 15) is 14.7 Å². The second kappa shape index (κ2) is 8.03. The number of nitrogens with zero attached hydrogens (tertiary/aromatic N) is 1. The Morgan fingerprint density at radius 2 is 1.78 bits per heavy atom. The minimum absolute atomic E-state index is 0.0791. The van der Waals surface area contributed by atoms with Crippen LogP contribution >= 0.6 is 38.6 Å². The number of amides is 1. The third-order valence-electron chi connectivity index (χ3n) is 3.63. The van der Waals surface area contributed by atoms with Gasteiger partial charge < -0.3 is 10.2 Å². The monoisotopic (exact) mass is 464 g/mol. The normalized spacial score (nSPS) is 11.4. The maximum absolute atomic E-state index is 12.1. The van der Waals surface area contributed by atoms with Crippen molar-refractivity contribution >= 4 is 56.2 Å². The molecule has 0 aliphatic rings. The number of carboxylic acids is 1. The highest BCUT2D eigenvalue weighted by molar-refractivity contribution is 9.10. The predicted molar refractivity (Wildman–Crippen MR) is 110 cm³/mol. The van der Waals surface area contributed by atoms with E-state index in [1.807, 2.05) is 24.3 Å². The van der Waals surface area contributed by atoms with E-state index in [2.05, 4.69) is 26.5 Å². The molecule has 3 N–H and O–H groups in total. The second-order valence-electron chi connectivity index (χ2n) is 5.44. The molecule has 0 saturated carbocycles. The molecule has 3 aromatic rings. The van der Waals surface area contributed by atoms with Crippen LogP contribution in [0.2, 0.25) is 0 Å². The molecule has 1 aromatic carbocycles. The lowest BCUT2D eigenvalue weighted by Crippen LogP contribution is -2.18. The molecule has 0 saturated heterocycles. The average molecular weight is 465 g/mol. The van der Waals surface area contributed by atoms with E-state index in [0.29, 0.717) is 16.2 Å². The standard InChI is InChI=1S/C18H13BrN2O4S2/c1-9(20-21-17(23)13-6-7-14(27-13)18(24)25)12-8-26-16(15(12)22)10-2-4-11(19)5-3-10/h2-8,22H,1H3,(H,21,23)(H,24,25). The number of hydrogen-bond donors (Lipinski definition) is 3. The fourth-order valence-corrected chi connectivity index (χ4v) is 4.25. The van der Waals surface area contributed by atoms with Gasteiger partial charge >= 0.3 is 5.97 Å². The van der Waals surface area contributed by atoms with Gasteiger partial charge in [-0.1, -0.05) is 28.1 Å². The van der Waals surface area contributed by atoms with Crippen molar-refractivity contribution in [3.8, 4) is 16.2 Å². The largest absolute Gasteiger partial charge is 0.506 e. The first-order valence-electron chi connectivity index (χ1n) is 7.61. The van der Waals surface area contributed by atoms with E-state index in [-0.39, 0.29) is 15.5 Å². The van der Waals surface area contributed by atoms with Gasteiger partial charge in [-0.15, -0.1) is 22.7 Å². The number of rotatable bonds is 5. The number of aromatic carboxylic acids is 1. The van der Waals surface area contributed by atoms with E-state index in [4.69, 9.17) is 5.11 Å². The van der Waals surface area contributed by atoms with Crippen LogP contribution in [0.3, 0.4) is 0 Å². The molecule has 0 fully saturated rings. The number of carbonyl (C=O) groups excluding carboxylic acids is 1. The summed E-state index contributed by atoms with van der Waals surface area (Å²) in [7, 11) is 0. The van der Waals surface area contributed by atoms with E-state index < -0.39 is 11.9 Å². The summed E-state index contributed by atoms with van der Waals surface area (Å²) in [4.78, 5) is 24.0. The summed E-state index contributed by atoms with van der Waals surface area (Å²) in [5, 5.41) is 25.2. The van der Waals surface area contributed by atoms with Gasteiger partial charge in [-0.25, -0.2) is 10.2 Å². The van der Waals surface area contributed by atoms with Crippen molar-refractivity contribution in [3.63, 3.8) is 0 Å². The third-order valence-corrected chi connectivity index (χ3v) is 6.25. The van der Waals surface area contributed by atoms with E-state index in [0.717, 1.165) is 21.4 Å². The number of nitrogens with one attached hydrogen (secondary N) is 1. The SMILES string of the molecule is CC(=NNC(=O)c1ccc(C(=O)O)s1)c1csc(-c2ccc(Br)cc2)c1O. The van der Waals surface area contributed by atoms with Crippen LogP contribution in [0, 0.1) is 0 Å². The smallest absolute Gasteiger partial charge is 0.345 e. The molecule has 0 unspecified atom stereocenters. The van der Waals surface area contributed by atoms with Gasteiger partial charge in [-0.3, -0.25) is 4.79 Å². The summed E-state index contributed by atoms with van der Waals surface area (Å²) in [5.41, 5.74) is 4.23. The predicted octanol–water partition coefficient (Wildman–Crippen LogP) is 4.80. The molecule has 0 aliphatic heterocycles. The molecule has 0 aliphatic carbocycles.